The van der Waals surface area contributed by atoms with Gasteiger partial charge in [-0.05, 0) is 76.6 Å². The molecule has 1 fully saturated rings. The molecule has 0 aromatic heterocycles. The zero-order valence-electron chi connectivity index (χ0n) is 19.5. The van der Waals surface area contributed by atoms with Crippen molar-refractivity contribution >= 4 is 29.5 Å². The Labute approximate surface area is 195 Å². The molecule has 2 rings (SSSR count). The Bertz CT molecular complexity index is 806. The van der Waals surface area contributed by atoms with Crippen LogP contribution in [0.3, 0.4) is 0 Å². The smallest absolute Gasteiger partial charge is 0.408 e. The summed E-state index contributed by atoms with van der Waals surface area (Å²) in [6, 6.07) is 3.63. The highest BCUT2D eigenvalue weighted by Crippen LogP contribution is 2.25. The molecule has 0 atom stereocenters. The first-order valence-corrected chi connectivity index (χ1v) is 11.2. The average molecular weight is 468 g/mol. The van der Waals surface area contributed by atoms with Crippen molar-refractivity contribution in [3.8, 4) is 5.75 Å². The van der Waals surface area contributed by atoms with Crippen molar-refractivity contribution in [1.29, 1.82) is 0 Å². The summed E-state index contributed by atoms with van der Waals surface area (Å²) in [4.78, 5) is 37.8. The van der Waals surface area contributed by atoms with Gasteiger partial charge in [0.05, 0.1) is 0 Å². The normalized spacial score (nSPS) is 14.6. The number of carbonyl (C=O) groups is 3. The monoisotopic (exact) mass is 467 g/mol. The predicted octanol–water partition coefficient (Wildman–Crippen LogP) is 3.22. The second-order valence-electron chi connectivity index (χ2n) is 9.14. The van der Waals surface area contributed by atoms with Crippen molar-refractivity contribution in [2.24, 2.45) is 5.92 Å². The highest BCUT2D eigenvalue weighted by molar-refractivity contribution is 6.32. The topological polar surface area (TPSA) is 97.0 Å². The Morgan fingerprint density at radius 1 is 1.09 bits per heavy atom. The van der Waals surface area contributed by atoms with Crippen LogP contribution in [-0.2, 0) is 14.3 Å². The maximum absolute atomic E-state index is 12.3. The number of alkyl carbamates (subject to hydrolysis) is 1. The van der Waals surface area contributed by atoms with E-state index in [0.29, 0.717) is 36.3 Å². The Kier molecular flexibility index (Phi) is 9.19. The number of piperidine rings is 1. The number of benzene rings is 1. The minimum absolute atomic E-state index is 0.0613. The molecule has 0 aliphatic carbocycles. The van der Waals surface area contributed by atoms with E-state index in [0.717, 1.165) is 24.0 Å². The fraction of sp³-hybridized carbons (Fsp3) is 0.609. The Balaban J connectivity index is 1.65. The van der Waals surface area contributed by atoms with Crippen molar-refractivity contribution < 1.29 is 23.9 Å². The average Bonchev–Trinajstić information content (AvgIpc) is 2.72. The second-order valence-corrected chi connectivity index (χ2v) is 9.52. The molecule has 1 heterocycles. The molecule has 1 aromatic carbocycles. The number of rotatable bonds is 7. The third kappa shape index (κ3) is 8.57. The van der Waals surface area contributed by atoms with Crippen LogP contribution >= 0.6 is 11.6 Å². The molecule has 0 saturated carbocycles. The molecule has 1 saturated heterocycles. The molecule has 0 bridgehead atoms. The third-order valence-electron chi connectivity index (χ3n) is 5.12. The summed E-state index contributed by atoms with van der Waals surface area (Å²) in [6.07, 6.45) is 0.971. The van der Waals surface area contributed by atoms with Gasteiger partial charge in [0, 0.05) is 24.7 Å². The van der Waals surface area contributed by atoms with Gasteiger partial charge in [-0.3, -0.25) is 9.59 Å². The number of ether oxygens (including phenoxy) is 2. The highest BCUT2D eigenvalue weighted by atomic mass is 35.5. The van der Waals surface area contributed by atoms with E-state index in [2.05, 4.69) is 10.6 Å². The SMILES string of the molecule is Cc1cc(OCC(=O)NCC2CCN(C(=O)CNC(=O)OC(C)(C)C)CC2)cc(C)c1Cl. The molecule has 1 aliphatic heterocycles. The third-order valence-corrected chi connectivity index (χ3v) is 5.71. The van der Waals surface area contributed by atoms with Gasteiger partial charge in [0.25, 0.3) is 5.91 Å². The van der Waals surface area contributed by atoms with Crippen LogP contribution in [0.4, 0.5) is 4.79 Å². The Hall–Kier alpha value is -2.48. The van der Waals surface area contributed by atoms with E-state index < -0.39 is 11.7 Å². The van der Waals surface area contributed by atoms with E-state index in [1.54, 1.807) is 25.7 Å². The van der Waals surface area contributed by atoms with E-state index in [9.17, 15) is 14.4 Å². The van der Waals surface area contributed by atoms with Crippen LogP contribution in [0, 0.1) is 19.8 Å². The highest BCUT2D eigenvalue weighted by Gasteiger charge is 2.24. The zero-order chi connectivity index (χ0) is 23.9. The van der Waals surface area contributed by atoms with Gasteiger partial charge < -0.3 is 25.0 Å². The van der Waals surface area contributed by atoms with Gasteiger partial charge in [0.1, 0.15) is 17.9 Å². The summed E-state index contributed by atoms with van der Waals surface area (Å²) in [6.45, 7) is 10.7. The van der Waals surface area contributed by atoms with Gasteiger partial charge in [-0.2, -0.15) is 0 Å². The van der Waals surface area contributed by atoms with Crippen LogP contribution in [-0.4, -0.2) is 61.2 Å². The largest absolute Gasteiger partial charge is 0.484 e. The van der Waals surface area contributed by atoms with Crippen molar-refractivity contribution in [2.45, 2.75) is 53.1 Å². The fourth-order valence-corrected chi connectivity index (χ4v) is 3.52. The maximum atomic E-state index is 12.3. The number of amides is 3. The van der Waals surface area contributed by atoms with E-state index in [4.69, 9.17) is 21.1 Å². The lowest BCUT2D eigenvalue weighted by atomic mass is 9.96. The van der Waals surface area contributed by atoms with Gasteiger partial charge in [-0.25, -0.2) is 4.79 Å². The van der Waals surface area contributed by atoms with E-state index in [-0.39, 0.29) is 25.0 Å². The molecule has 9 heteroatoms. The van der Waals surface area contributed by atoms with Crippen LogP contribution < -0.4 is 15.4 Å². The number of nitrogens with zero attached hydrogens (tertiary/aromatic N) is 1. The second kappa shape index (κ2) is 11.4. The van der Waals surface area contributed by atoms with Crippen molar-refractivity contribution in [2.75, 3.05) is 32.8 Å². The molecular formula is C23H34ClN3O5. The van der Waals surface area contributed by atoms with Crippen molar-refractivity contribution in [1.82, 2.24) is 15.5 Å². The molecule has 2 N–H and O–H groups in total. The van der Waals surface area contributed by atoms with Gasteiger partial charge >= 0.3 is 6.09 Å². The van der Waals surface area contributed by atoms with Gasteiger partial charge in [0.15, 0.2) is 6.61 Å². The van der Waals surface area contributed by atoms with E-state index in [1.807, 2.05) is 26.0 Å². The minimum atomic E-state index is -0.604. The number of carbonyl (C=O) groups excluding carboxylic acids is 3. The molecule has 0 unspecified atom stereocenters. The maximum Gasteiger partial charge on any atom is 0.408 e. The standard InChI is InChI=1S/C23H34ClN3O5/c1-15-10-18(11-16(2)21(15)24)31-14-19(28)25-12-17-6-8-27(9-7-17)20(29)13-26-22(30)32-23(3,4)5/h10-11,17H,6-9,12-14H2,1-5H3,(H,25,28)(H,26,30). The van der Waals surface area contributed by atoms with Crippen LogP contribution in [0.1, 0.15) is 44.7 Å². The summed E-state index contributed by atoms with van der Waals surface area (Å²) < 4.78 is 10.7. The molecule has 1 aliphatic rings. The Morgan fingerprint density at radius 3 is 2.25 bits per heavy atom. The Morgan fingerprint density at radius 2 is 1.69 bits per heavy atom. The molecule has 0 radical (unpaired) electrons. The summed E-state index contributed by atoms with van der Waals surface area (Å²) in [5, 5.41) is 6.10. The molecular weight excluding hydrogens is 434 g/mol. The van der Waals surface area contributed by atoms with Crippen LogP contribution in [0.25, 0.3) is 0 Å². The van der Waals surface area contributed by atoms with Gasteiger partial charge in [0.2, 0.25) is 5.91 Å². The molecule has 0 spiro atoms. The van der Waals surface area contributed by atoms with Gasteiger partial charge in [-0.15, -0.1) is 0 Å². The molecule has 178 valence electrons. The van der Waals surface area contributed by atoms with Crippen molar-refractivity contribution in [3.05, 3.63) is 28.3 Å². The first-order chi connectivity index (χ1) is 14.9. The number of likely N-dealkylation sites (tertiary alicyclic amines) is 1. The quantitative estimate of drug-likeness (QED) is 0.641. The first kappa shape index (κ1) is 25.8. The lowest BCUT2D eigenvalue weighted by molar-refractivity contribution is -0.132. The van der Waals surface area contributed by atoms with E-state index >= 15 is 0 Å². The molecule has 3 amide bonds. The lowest BCUT2D eigenvalue weighted by Crippen LogP contribution is -2.46. The summed E-state index contributed by atoms with van der Waals surface area (Å²) in [5.74, 6) is 0.587. The number of hydrogen-bond donors (Lipinski definition) is 2. The predicted molar refractivity (Wildman–Crippen MR) is 123 cm³/mol. The van der Waals surface area contributed by atoms with Crippen LogP contribution in [0.2, 0.25) is 5.02 Å². The molecule has 8 nitrogen and oxygen atoms in total. The number of halogens is 1. The minimum Gasteiger partial charge on any atom is -0.484 e. The zero-order valence-corrected chi connectivity index (χ0v) is 20.3. The number of aryl methyl sites for hydroxylation is 2. The number of hydrogen-bond acceptors (Lipinski definition) is 5. The molecule has 32 heavy (non-hydrogen) atoms. The summed E-state index contributed by atoms with van der Waals surface area (Å²) in [7, 11) is 0. The summed E-state index contributed by atoms with van der Waals surface area (Å²) >= 11 is 6.15. The molecule has 1 aromatic rings. The number of nitrogens with one attached hydrogen (secondary N) is 2. The fourth-order valence-electron chi connectivity index (χ4n) is 3.41. The van der Waals surface area contributed by atoms with Gasteiger partial charge in [-0.1, -0.05) is 11.6 Å². The lowest BCUT2D eigenvalue weighted by Gasteiger charge is -2.32. The summed E-state index contributed by atoms with van der Waals surface area (Å²) in [5.41, 5.74) is 1.21. The van der Waals surface area contributed by atoms with Crippen LogP contribution in [0.5, 0.6) is 5.75 Å². The van der Waals surface area contributed by atoms with Crippen LogP contribution in [0.15, 0.2) is 12.1 Å². The van der Waals surface area contributed by atoms with E-state index in [1.165, 1.54) is 0 Å². The first-order valence-electron chi connectivity index (χ1n) is 10.9. The van der Waals surface area contributed by atoms with Crippen molar-refractivity contribution in [3.63, 3.8) is 0 Å².